The minimum atomic E-state index is -1.49. The van der Waals surface area contributed by atoms with Gasteiger partial charge in [-0.15, -0.1) is 0 Å². The lowest BCUT2D eigenvalue weighted by molar-refractivity contribution is -0.134. The third kappa shape index (κ3) is 4.39. The normalized spacial score (nSPS) is 18.1. The van der Waals surface area contributed by atoms with Crippen LogP contribution in [0.4, 0.5) is 4.79 Å². The number of urea groups is 1. The molecule has 0 saturated carbocycles. The van der Waals surface area contributed by atoms with Gasteiger partial charge in [0.25, 0.3) is 5.91 Å². The number of methoxy groups -OCH3 is 2. The largest absolute Gasteiger partial charge is 0.497 e. The number of hydrogen-bond acceptors (Lipinski definition) is 5. The molecular formula is C29H29N3O5. The summed E-state index contributed by atoms with van der Waals surface area (Å²) in [7, 11) is 3.11. The Labute approximate surface area is 215 Å². The van der Waals surface area contributed by atoms with E-state index in [1.54, 1.807) is 62.8 Å². The molecule has 1 aliphatic carbocycles. The number of hydrogen-bond donors (Lipinski definition) is 2. The molecule has 1 atom stereocenters. The van der Waals surface area contributed by atoms with Gasteiger partial charge in [-0.2, -0.15) is 0 Å². The molecule has 0 aromatic heterocycles. The Balaban J connectivity index is 1.43. The standard InChI is InChI=1S/C29H29N3O5/c1-36-22-14-10-20(11-15-22)29(21-12-16-23(37-2)17-13-21)27(34)32(28(35)31-29)18-26(33)30-25-9-5-7-19-6-3-4-8-24(19)25/h3-4,6,8,10-17,25H,5,7,9,18H2,1-2H3,(H,30,33)(H,31,35). The average Bonchev–Trinajstić information content (AvgIpc) is 3.19. The van der Waals surface area contributed by atoms with Crippen molar-refractivity contribution in [3.05, 3.63) is 95.1 Å². The molecule has 2 aliphatic rings. The number of ether oxygens (including phenoxy) is 2. The van der Waals surface area contributed by atoms with Crippen molar-refractivity contribution in [2.45, 2.75) is 30.8 Å². The second kappa shape index (κ2) is 9.97. The molecule has 0 bridgehead atoms. The van der Waals surface area contributed by atoms with Gasteiger partial charge in [-0.1, -0.05) is 48.5 Å². The summed E-state index contributed by atoms with van der Waals surface area (Å²) in [5.41, 5.74) is 1.92. The summed E-state index contributed by atoms with van der Waals surface area (Å²) in [5, 5.41) is 5.91. The molecule has 1 heterocycles. The summed E-state index contributed by atoms with van der Waals surface area (Å²) >= 11 is 0. The first-order chi connectivity index (χ1) is 18.0. The van der Waals surface area contributed by atoms with E-state index < -0.39 is 17.5 Å². The van der Waals surface area contributed by atoms with Crippen LogP contribution in [0.1, 0.15) is 41.1 Å². The van der Waals surface area contributed by atoms with Crippen molar-refractivity contribution >= 4 is 17.8 Å². The second-order valence-corrected chi connectivity index (χ2v) is 9.24. The maximum absolute atomic E-state index is 14.0. The summed E-state index contributed by atoms with van der Waals surface area (Å²) in [6.07, 6.45) is 2.75. The monoisotopic (exact) mass is 499 g/mol. The molecule has 3 aromatic carbocycles. The molecule has 0 radical (unpaired) electrons. The van der Waals surface area contributed by atoms with Gasteiger partial charge in [-0.25, -0.2) is 4.79 Å². The number of nitrogens with zero attached hydrogens (tertiary/aromatic N) is 1. The van der Waals surface area contributed by atoms with Gasteiger partial charge in [-0.3, -0.25) is 14.5 Å². The van der Waals surface area contributed by atoms with Crippen molar-refractivity contribution in [2.75, 3.05) is 20.8 Å². The zero-order valence-electron chi connectivity index (χ0n) is 20.8. The van der Waals surface area contributed by atoms with Crippen molar-refractivity contribution < 1.29 is 23.9 Å². The van der Waals surface area contributed by atoms with Crippen LogP contribution >= 0.6 is 0 Å². The fourth-order valence-electron chi connectivity index (χ4n) is 5.25. The van der Waals surface area contributed by atoms with Crippen LogP contribution < -0.4 is 20.1 Å². The number of amides is 4. The first-order valence-electron chi connectivity index (χ1n) is 12.3. The average molecular weight is 500 g/mol. The third-order valence-electron chi connectivity index (χ3n) is 7.16. The highest BCUT2D eigenvalue weighted by Crippen LogP contribution is 2.37. The maximum atomic E-state index is 14.0. The van der Waals surface area contributed by atoms with Crippen LogP contribution in [0, 0.1) is 0 Å². The number of aryl methyl sites for hydroxylation is 1. The summed E-state index contributed by atoms with van der Waals surface area (Å²) in [6.45, 7) is -0.378. The van der Waals surface area contributed by atoms with Crippen LogP contribution in [0.15, 0.2) is 72.8 Å². The minimum absolute atomic E-state index is 0.147. The summed E-state index contributed by atoms with van der Waals surface area (Å²) in [5.74, 6) is 0.335. The molecule has 3 aromatic rings. The number of carbonyl (C=O) groups excluding carboxylic acids is 3. The number of carbonyl (C=O) groups is 3. The van der Waals surface area contributed by atoms with Crippen molar-refractivity contribution in [1.29, 1.82) is 0 Å². The summed E-state index contributed by atoms with van der Waals surface area (Å²) < 4.78 is 10.5. The van der Waals surface area contributed by atoms with Gasteiger partial charge in [0.15, 0.2) is 5.54 Å². The highest BCUT2D eigenvalue weighted by Gasteiger charge is 2.54. The fourth-order valence-corrected chi connectivity index (χ4v) is 5.25. The van der Waals surface area contributed by atoms with Crippen LogP contribution in [-0.2, 0) is 21.5 Å². The van der Waals surface area contributed by atoms with Crippen LogP contribution in [0.3, 0.4) is 0 Å². The Morgan fingerprint density at radius 3 is 2.14 bits per heavy atom. The quantitative estimate of drug-likeness (QED) is 0.484. The summed E-state index contributed by atoms with van der Waals surface area (Å²) in [4.78, 5) is 41.2. The van der Waals surface area contributed by atoms with E-state index in [0.29, 0.717) is 22.6 Å². The van der Waals surface area contributed by atoms with Crippen LogP contribution in [0.5, 0.6) is 11.5 Å². The number of nitrogens with one attached hydrogen (secondary N) is 2. The first kappa shape index (κ1) is 24.4. The van der Waals surface area contributed by atoms with E-state index in [4.69, 9.17) is 9.47 Å². The molecule has 2 N–H and O–H groups in total. The molecule has 1 fully saturated rings. The minimum Gasteiger partial charge on any atom is -0.497 e. The molecule has 5 rings (SSSR count). The number of rotatable bonds is 7. The van der Waals surface area contributed by atoms with Gasteiger partial charge < -0.3 is 20.1 Å². The molecule has 8 nitrogen and oxygen atoms in total. The highest BCUT2D eigenvalue weighted by molar-refractivity contribution is 6.11. The molecule has 8 heteroatoms. The molecular weight excluding hydrogens is 470 g/mol. The van der Waals surface area contributed by atoms with Gasteiger partial charge in [0.2, 0.25) is 5.91 Å². The van der Waals surface area contributed by atoms with E-state index >= 15 is 0 Å². The van der Waals surface area contributed by atoms with Crippen LogP contribution in [0.25, 0.3) is 0 Å². The first-order valence-corrected chi connectivity index (χ1v) is 12.3. The Hall–Kier alpha value is -4.33. The fraction of sp³-hybridized carbons (Fsp3) is 0.276. The maximum Gasteiger partial charge on any atom is 0.326 e. The van der Waals surface area contributed by atoms with E-state index in [2.05, 4.69) is 16.7 Å². The topological polar surface area (TPSA) is 97.0 Å². The molecule has 1 aliphatic heterocycles. The molecule has 37 heavy (non-hydrogen) atoms. The van der Waals surface area contributed by atoms with Gasteiger partial charge in [0.1, 0.15) is 18.0 Å². The van der Waals surface area contributed by atoms with Crippen molar-refractivity contribution in [2.24, 2.45) is 0 Å². The van der Waals surface area contributed by atoms with E-state index in [0.717, 1.165) is 29.7 Å². The number of benzene rings is 3. The van der Waals surface area contributed by atoms with Gasteiger partial charge in [0, 0.05) is 0 Å². The lowest BCUT2D eigenvalue weighted by atomic mass is 9.82. The third-order valence-corrected chi connectivity index (χ3v) is 7.16. The Morgan fingerprint density at radius 1 is 0.946 bits per heavy atom. The van der Waals surface area contributed by atoms with Gasteiger partial charge in [-0.05, 0) is 65.8 Å². The smallest absolute Gasteiger partial charge is 0.326 e. The van der Waals surface area contributed by atoms with E-state index in [9.17, 15) is 14.4 Å². The van der Waals surface area contributed by atoms with Crippen LogP contribution in [0.2, 0.25) is 0 Å². The number of fused-ring (bicyclic) bond motifs is 1. The Kier molecular flexibility index (Phi) is 6.56. The van der Waals surface area contributed by atoms with E-state index in [-0.39, 0.29) is 18.5 Å². The van der Waals surface area contributed by atoms with Crippen molar-refractivity contribution in [1.82, 2.24) is 15.5 Å². The highest BCUT2D eigenvalue weighted by atomic mass is 16.5. The Bertz CT molecular complexity index is 1270. The predicted octanol–water partition coefficient (Wildman–Crippen LogP) is 3.69. The zero-order valence-corrected chi connectivity index (χ0v) is 20.8. The molecule has 1 unspecified atom stereocenters. The van der Waals surface area contributed by atoms with Crippen molar-refractivity contribution in [3.8, 4) is 11.5 Å². The van der Waals surface area contributed by atoms with Gasteiger partial charge >= 0.3 is 6.03 Å². The molecule has 0 spiro atoms. The molecule has 4 amide bonds. The Morgan fingerprint density at radius 2 is 1.54 bits per heavy atom. The van der Waals surface area contributed by atoms with Crippen molar-refractivity contribution in [3.63, 3.8) is 0 Å². The SMILES string of the molecule is COc1ccc(C2(c3ccc(OC)cc3)NC(=O)N(CC(=O)NC3CCCc4ccccc43)C2=O)cc1. The second-order valence-electron chi connectivity index (χ2n) is 9.24. The predicted molar refractivity (Wildman–Crippen MR) is 137 cm³/mol. The molecule has 190 valence electrons. The van der Waals surface area contributed by atoms with E-state index in [1.807, 2.05) is 18.2 Å². The van der Waals surface area contributed by atoms with Crippen LogP contribution in [-0.4, -0.2) is 43.5 Å². The number of imide groups is 1. The zero-order chi connectivity index (χ0) is 26.0. The molecule has 1 saturated heterocycles. The lowest BCUT2D eigenvalue weighted by Gasteiger charge is -2.29. The van der Waals surface area contributed by atoms with E-state index in [1.165, 1.54) is 5.56 Å². The van der Waals surface area contributed by atoms with Gasteiger partial charge in [0.05, 0.1) is 20.3 Å². The lowest BCUT2D eigenvalue weighted by Crippen LogP contribution is -2.46. The summed E-state index contributed by atoms with van der Waals surface area (Å²) in [6, 6.07) is 21.2.